The highest BCUT2D eigenvalue weighted by Crippen LogP contribution is 2.16. The minimum absolute atomic E-state index is 0.00680. The van der Waals surface area contributed by atoms with Gasteiger partial charge in [-0.3, -0.25) is 4.79 Å². The van der Waals surface area contributed by atoms with E-state index < -0.39 is 5.60 Å². The first kappa shape index (κ1) is 18.0. The molecule has 2 heterocycles. The summed E-state index contributed by atoms with van der Waals surface area (Å²) in [6.07, 6.45) is -0.240. The molecular weight excluding hydrogens is 298 g/mol. The van der Waals surface area contributed by atoms with E-state index in [1.165, 1.54) is 0 Å². The number of nitrogens with one attached hydrogen (secondary N) is 1. The molecule has 132 valence electrons. The van der Waals surface area contributed by atoms with E-state index >= 15 is 0 Å². The van der Waals surface area contributed by atoms with Gasteiger partial charge in [-0.15, -0.1) is 0 Å². The van der Waals surface area contributed by atoms with Crippen LogP contribution in [0.2, 0.25) is 0 Å². The molecule has 0 saturated carbocycles. The van der Waals surface area contributed by atoms with Crippen molar-refractivity contribution in [1.82, 2.24) is 15.1 Å². The van der Waals surface area contributed by atoms with Crippen molar-refractivity contribution in [3.63, 3.8) is 0 Å². The van der Waals surface area contributed by atoms with Gasteiger partial charge < -0.3 is 24.6 Å². The van der Waals surface area contributed by atoms with Crippen LogP contribution in [0.1, 0.15) is 34.6 Å². The van der Waals surface area contributed by atoms with Gasteiger partial charge in [-0.25, -0.2) is 4.79 Å². The molecule has 7 nitrogen and oxygen atoms in total. The Labute approximate surface area is 138 Å². The van der Waals surface area contributed by atoms with Gasteiger partial charge in [-0.1, -0.05) is 0 Å². The first-order valence-electron chi connectivity index (χ1n) is 8.28. The Morgan fingerprint density at radius 3 is 2.70 bits per heavy atom. The van der Waals surface area contributed by atoms with Crippen LogP contribution >= 0.6 is 0 Å². The summed E-state index contributed by atoms with van der Waals surface area (Å²) >= 11 is 0. The van der Waals surface area contributed by atoms with Crippen LogP contribution in [0.4, 0.5) is 4.79 Å². The van der Waals surface area contributed by atoms with Crippen molar-refractivity contribution in [2.45, 2.75) is 58.4 Å². The normalized spacial score (nSPS) is 29.6. The predicted octanol–water partition coefficient (Wildman–Crippen LogP) is 0.831. The predicted molar refractivity (Wildman–Crippen MR) is 86.2 cm³/mol. The second-order valence-corrected chi connectivity index (χ2v) is 7.51. The van der Waals surface area contributed by atoms with Crippen molar-refractivity contribution in [1.29, 1.82) is 0 Å². The Bertz CT molecular complexity index is 449. The molecular formula is C16H29N3O4. The summed E-state index contributed by atoms with van der Waals surface area (Å²) in [6.45, 7) is 12.1. The highest BCUT2D eigenvalue weighted by atomic mass is 16.6. The zero-order chi connectivity index (χ0) is 17.2. The zero-order valence-electron chi connectivity index (χ0n) is 14.8. The highest BCUT2D eigenvalue weighted by molar-refractivity contribution is 5.78. The minimum Gasteiger partial charge on any atom is -0.444 e. The molecule has 0 spiro atoms. The van der Waals surface area contributed by atoms with Gasteiger partial charge in [0.05, 0.1) is 6.10 Å². The lowest BCUT2D eigenvalue weighted by molar-refractivity contribution is -0.148. The van der Waals surface area contributed by atoms with E-state index in [0.29, 0.717) is 26.2 Å². The zero-order valence-corrected chi connectivity index (χ0v) is 14.8. The first-order valence-corrected chi connectivity index (χ1v) is 8.28. The van der Waals surface area contributed by atoms with E-state index in [1.807, 2.05) is 39.5 Å². The van der Waals surface area contributed by atoms with Crippen LogP contribution in [0.3, 0.4) is 0 Å². The average Bonchev–Trinajstić information content (AvgIpc) is 2.43. The molecule has 0 bridgehead atoms. The van der Waals surface area contributed by atoms with Crippen molar-refractivity contribution in [3.8, 4) is 0 Å². The number of carbonyl (C=O) groups is 2. The number of nitrogens with zero attached hydrogens (tertiary/aromatic N) is 2. The molecule has 2 amide bonds. The van der Waals surface area contributed by atoms with Crippen molar-refractivity contribution < 1.29 is 19.1 Å². The van der Waals surface area contributed by atoms with Crippen molar-refractivity contribution in [3.05, 3.63) is 0 Å². The summed E-state index contributed by atoms with van der Waals surface area (Å²) in [6, 6.07) is 0.119. The molecule has 0 aliphatic carbocycles. The molecule has 0 aromatic rings. The molecule has 2 rings (SSSR count). The fraction of sp³-hybridized carbons (Fsp3) is 0.875. The van der Waals surface area contributed by atoms with Gasteiger partial charge >= 0.3 is 6.09 Å². The van der Waals surface area contributed by atoms with Gasteiger partial charge in [0, 0.05) is 38.3 Å². The third kappa shape index (κ3) is 5.07. The molecule has 2 saturated heterocycles. The topological polar surface area (TPSA) is 71.1 Å². The molecule has 0 radical (unpaired) electrons. The van der Waals surface area contributed by atoms with Crippen molar-refractivity contribution in [2.24, 2.45) is 0 Å². The maximum absolute atomic E-state index is 12.4. The number of piperazine rings is 1. The number of hydrogen-bond acceptors (Lipinski definition) is 5. The molecule has 2 fully saturated rings. The van der Waals surface area contributed by atoms with E-state index in [-0.39, 0.29) is 36.8 Å². The van der Waals surface area contributed by atoms with Crippen LogP contribution in [-0.2, 0) is 14.3 Å². The number of rotatable bonds is 2. The molecule has 0 aromatic heterocycles. The van der Waals surface area contributed by atoms with Crippen molar-refractivity contribution >= 4 is 12.0 Å². The van der Waals surface area contributed by atoms with Crippen LogP contribution < -0.4 is 5.32 Å². The van der Waals surface area contributed by atoms with E-state index in [2.05, 4.69) is 5.32 Å². The Morgan fingerprint density at radius 2 is 2.04 bits per heavy atom. The Kier molecular flexibility index (Phi) is 5.52. The molecule has 23 heavy (non-hydrogen) atoms. The molecule has 1 unspecified atom stereocenters. The summed E-state index contributed by atoms with van der Waals surface area (Å²) in [4.78, 5) is 27.9. The number of ether oxygens (including phenoxy) is 2. The Balaban J connectivity index is 1.94. The number of carbonyl (C=O) groups excluding carboxylic acids is 2. The molecule has 3 atom stereocenters. The maximum Gasteiger partial charge on any atom is 0.410 e. The Hall–Kier alpha value is -1.34. The average molecular weight is 327 g/mol. The molecule has 2 aliphatic rings. The van der Waals surface area contributed by atoms with E-state index in [4.69, 9.17) is 9.47 Å². The summed E-state index contributed by atoms with van der Waals surface area (Å²) in [7, 11) is 0. The summed E-state index contributed by atoms with van der Waals surface area (Å²) < 4.78 is 10.8. The summed E-state index contributed by atoms with van der Waals surface area (Å²) in [5.74, 6) is 0.00680. The third-order valence-electron chi connectivity index (χ3n) is 4.04. The fourth-order valence-electron chi connectivity index (χ4n) is 2.84. The van der Waals surface area contributed by atoms with E-state index in [1.54, 1.807) is 4.90 Å². The maximum atomic E-state index is 12.4. The lowest BCUT2D eigenvalue weighted by Gasteiger charge is -2.41. The van der Waals surface area contributed by atoms with Gasteiger partial charge in [0.25, 0.3) is 0 Å². The molecule has 1 N–H and O–H groups in total. The quantitative estimate of drug-likeness (QED) is 0.813. The number of amides is 2. The summed E-state index contributed by atoms with van der Waals surface area (Å²) in [5, 5.41) is 3.42. The molecule has 0 aromatic carbocycles. The first-order chi connectivity index (χ1) is 10.7. The van der Waals surface area contributed by atoms with Crippen molar-refractivity contribution in [2.75, 3.05) is 32.8 Å². The Morgan fingerprint density at radius 1 is 1.35 bits per heavy atom. The van der Waals surface area contributed by atoms with E-state index in [0.717, 1.165) is 0 Å². The van der Waals surface area contributed by atoms with Gasteiger partial charge in [0.1, 0.15) is 12.2 Å². The SMILES string of the molecule is CC1CN(C[C@H]2CN(C(=O)OC(C)(C)C)[C@H](C)CN2)C(=O)CO1. The third-order valence-corrected chi connectivity index (χ3v) is 4.04. The minimum atomic E-state index is -0.507. The van der Waals surface area contributed by atoms with Crippen LogP contribution in [0.25, 0.3) is 0 Å². The second-order valence-electron chi connectivity index (χ2n) is 7.51. The van der Waals surface area contributed by atoms with E-state index in [9.17, 15) is 9.59 Å². The van der Waals surface area contributed by atoms with Crippen LogP contribution in [0, 0.1) is 0 Å². The summed E-state index contributed by atoms with van der Waals surface area (Å²) in [5.41, 5.74) is -0.507. The largest absolute Gasteiger partial charge is 0.444 e. The second kappa shape index (κ2) is 7.05. The van der Waals surface area contributed by atoms with Crippen LogP contribution in [0.15, 0.2) is 0 Å². The lowest BCUT2D eigenvalue weighted by atomic mass is 10.1. The van der Waals surface area contributed by atoms with Crippen LogP contribution in [0.5, 0.6) is 0 Å². The van der Waals surface area contributed by atoms with Gasteiger partial charge in [0.2, 0.25) is 5.91 Å². The smallest absolute Gasteiger partial charge is 0.410 e. The fourth-order valence-corrected chi connectivity index (χ4v) is 2.84. The molecule has 7 heteroatoms. The van der Waals surface area contributed by atoms with Gasteiger partial charge in [0.15, 0.2) is 0 Å². The standard InChI is InChI=1S/C16H29N3O4/c1-11-6-17-13(8-18-7-12(2)22-10-14(18)20)9-19(11)15(21)23-16(3,4)5/h11-13,17H,6-10H2,1-5H3/t11-,12?,13+/m1/s1. The number of morpholine rings is 1. The van der Waals surface area contributed by atoms with Gasteiger partial charge in [-0.05, 0) is 34.6 Å². The highest BCUT2D eigenvalue weighted by Gasteiger charge is 2.34. The lowest BCUT2D eigenvalue weighted by Crippen LogP contribution is -2.62. The van der Waals surface area contributed by atoms with Crippen LogP contribution in [-0.4, -0.2) is 78.4 Å². The molecule has 2 aliphatic heterocycles. The monoisotopic (exact) mass is 327 g/mol. The number of hydrogen-bond donors (Lipinski definition) is 1. The van der Waals surface area contributed by atoms with Gasteiger partial charge in [-0.2, -0.15) is 0 Å².